The molecule has 34 heavy (non-hydrogen) atoms. The minimum absolute atomic E-state index is 0.0102. The Balaban J connectivity index is 1.84. The molecule has 4 aromatic rings. The highest BCUT2D eigenvalue weighted by atomic mass is 16.2. The number of rotatable bonds is 6. The lowest BCUT2D eigenvalue weighted by molar-refractivity contribution is 0.102. The van der Waals surface area contributed by atoms with Crippen LogP contribution in [0.25, 0.3) is 16.7 Å². The zero-order valence-electron chi connectivity index (χ0n) is 19.9. The highest BCUT2D eigenvalue weighted by Crippen LogP contribution is 2.22. The van der Waals surface area contributed by atoms with Gasteiger partial charge < -0.3 is 5.32 Å². The molecule has 1 aromatic carbocycles. The molecule has 0 aliphatic heterocycles. The SMILES string of the molecule is Cc1ccnn1-c1cccc(NC(=O)c2cc(C(C)C)nc3c2c(=O)[nH]c(=O)n3CC(C)C)c1. The number of aryl methyl sites for hydroxylation is 1. The molecule has 176 valence electrons. The van der Waals surface area contributed by atoms with E-state index >= 15 is 0 Å². The van der Waals surface area contributed by atoms with Crippen LogP contribution in [0.4, 0.5) is 5.69 Å². The van der Waals surface area contributed by atoms with Crippen LogP contribution in [0.2, 0.25) is 0 Å². The van der Waals surface area contributed by atoms with E-state index in [9.17, 15) is 14.4 Å². The molecular formula is C25H28N6O3. The molecule has 0 aliphatic rings. The third-order valence-corrected chi connectivity index (χ3v) is 5.53. The molecule has 9 nitrogen and oxygen atoms in total. The topological polar surface area (TPSA) is 115 Å². The second-order valence-corrected chi connectivity index (χ2v) is 9.10. The number of hydrogen-bond donors (Lipinski definition) is 2. The summed E-state index contributed by atoms with van der Waals surface area (Å²) in [4.78, 5) is 45.8. The highest BCUT2D eigenvalue weighted by molar-refractivity contribution is 6.12. The molecule has 4 rings (SSSR count). The number of anilines is 1. The zero-order valence-corrected chi connectivity index (χ0v) is 19.9. The fourth-order valence-corrected chi connectivity index (χ4v) is 3.86. The van der Waals surface area contributed by atoms with Gasteiger partial charge >= 0.3 is 5.69 Å². The monoisotopic (exact) mass is 460 g/mol. The quantitative estimate of drug-likeness (QED) is 0.456. The van der Waals surface area contributed by atoms with Crippen molar-refractivity contribution in [2.75, 3.05) is 5.32 Å². The number of pyridine rings is 1. The number of carbonyl (C=O) groups excluding carboxylic acids is 1. The van der Waals surface area contributed by atoms with Gasteiger partial charge in [0.1, 0.15) is 0 Å². The van der Waals surface area contributed by atoms with Gasteiger partial charge in [0.25, 0.3) is 11.5 Å². The molecule has 0 aliphatic carbocycles. The summed E-state index contributed by atoms with van der Waals surface area (Å²) in [7, 11) is 0. The first-order valence-corrected chi connectivity index (χ1v) is 11.3. The largest absolute Gasteiger partial charge is 0.330 e. The molecule has 0 saturated heterocycles. The van der Waals surface area contributed by atoms with Crippen LogP contribution in [0.5, 0.6) is 0 Å². The lowest BCUT2D eigenvalue weighted by atomic mass is 10.0. The van der Waals surface area contributed by atoms with Gasteiger partial charge in [-0.3, -0.25) is 19.1 Å². The van der Waals surface area contributed by atoms with E-state index in [-0.39, 0.29) is 28.4 Å². The summed E-state index contributed by atoms with van der Waals surface area (Å²) in [5, 5.41) is 7.30. The van der Waals surface area contributed by atoms with Gasteiger partial charge in [-0.2, -0.15) is 5.10 Å². The van der Waals surface area contributed by atoms with E-state index in [4.69, 9.17) is 0 Å². The maximum absolute atomic E-state index is 13.4. The van der Waals surface area contributed by atoms with Crippen molar-refractivity contribution in [3.63, 3.8) is 0 Å². The molecule has 0 saturated carbocycles. The summed E-state index contributed by atoms with van der Waals surface area (Å²) in [6.07, 6.45) is 1.71. The molecule has 9 heteroatoms. The summed E-state index contributed by atoms with van der Waals surface area (Å²) >= 11 is 0. The molecule has 0 spiro atoms. The molecule has 1 amide bonds. The van der Waals surface area contributed by atoms with Crippen LogP contribution in [0.15, 0.2) is 52.2 Å². The molecule has 0 unspecified atom stereocenters. The summed E-state index contributed by atoms with van der Waals surface area (Å²) in [6, 6.07) is 10.8. The van der Waals surface area contributed by atoms with Gasteiger partial charge in [-0.1, -0.05) is 33.8 Å². The molecule has 2 N–H and O–H groups in total. The van der Waals surface area contributed by atoms with Crippen LogP contribution in [-0.2, 0) is 6.54 Å². The average Bonchev–Trinajstić information content (AvgIpc) is 3.21. The van der Waals surface area contributed by atoms with Gasteiger partial charge in [-0.05, 0) is 49.1 Å². The number of nitrogens with zero attached hydrogens (tertiary/aromatic N) is 4. The summed E-state index contributed by atoms with van der Waals surface area (Å²) in [6.45, 7) is 10.1. The third-order valence-electron chi connectivity index (χ3n) is 5.53. The van der Waals surface area contributed by atoms with Crippen molar-refractivity contribution >= 4 is 22.6 Å². The number of hydrogen-bond acceptors (Lipinski definition) is 5. The Hall–Kier alpha value is -4.01. The van der Waals surface area contributed by atoms with Gasteiger partial charge in [0, 0.05) is 29.8 Å². The van der Waals surface area contributed by atoms with Crippen molar-refractivity contribution < 1.29 is 4.79 Å². The van der Waals surface area contributed by atoms with E-state index < -0.39 is 17.2 Å². The lowest BCUT2D eigenvalue weighted by Crippen LogP contribution is -2.33. The van der Waals surface area contributed by atoms with E-state index in [1.807, 2.05) is 58.9 Å². The van der Waals surface area contributed by atoms with Gasteiger partial charge in [0.15, 0.2) is 5.65 Å². The number of amides is 1. The van der Waals surface area contributed by atoms with Crippen LogP contribution in [0.3, 0.4) is 0 Å². The smallest absolute Gasteiger partial charge is 0.322 e. The van der Waals surface area contributed by atoms with Crippen LogP contribution in [0, 0.1) is 12.8 Å². The molecule has 0 atom stereocenters. The fourth-order valence-electron chi connectivity index (χ4n) is 3.86. The Morgan fingerprint density at radius 3 is 2.53 bits per heavy atom. The van der Waals surface area contributed by atoms with E-state index in [0.717, 1.165) is 11.4 Å². The van der Waals surface area contributed by atoms with Crippen molar-refractivity contribution in [3.8, 4) is 5.69 Å². The normalized spacial score (nSPS) is 11.5. The van der Waals surface area contributed by atoms with Gasteiger partial charge in [0.2, 0.25) is 0 Å². The first-order chi connectivity index (χ1) is 16.2. The Morgan fingerprint density at radius 1 is 1.12 bits per heavy atom. The lowest BCUT2D eigenvalue weighted by Gasteiger charge is -2.16. The second-order valence-electron chi connectivity index (χ2n) is 9.10. The highest BCUT2D eigenvalue weighted by Gasteiger charge is 2.21. The number of benzene rings is 1. The van der Waals surface area contributed by atoms with Crippen LogP contribution < -0.4 is 16.6 Å². The van der Waals surface area contributed by atoms with Crippen molar-refractivity contribution in [1.29, 1.82) is 0 Å². The molecule has 0 bridgehead atoms. The number of aromatic nitrogens is 5. The van der Waals surface area contributed by atoms with Crippen molar-refractivity contribution in [2.24, 2.45) is 5.92 Å². The number of fused-ring (bicyclic) bond motifs is 1. The minimum atomic E-state index is -0.631. The van der Waals surface area contributed by atoms with Crippen LogP contribution >= 0.6 is 0 Å². The molecule has 0 fully saturated rings. The van der Waals surface area contributed by atoms with Gasteiger partial charge in [-0.25, -0.2) is 14.5 Å². The molecule has 3 heterocycles. The van der Waals surface area contributed by atoms with Gasteiger partial charge in [0.05, 0.1) is 16.6 Å². The summed E-state index contributed by atoms with van der Waals surface area (Å²) in [5.74, 6) is -0.324. The van der Waals surface area contributed by atoms with Crippen molar-refractivity contribution in [3.05, 3.63) is 80.4 Å². The Kier molecular flexibility index (Phi) is 6.19. The Labute approximate surface area is 196 Å². The maximum atomic E-state index is 13.4. The minimum Gasteiger partial charge on any atom is -0.322 e. The number of H-pyrrole nitrogens is 1. The Morgan fingerprint density at radius 2 is 1.88 bits per heavy atom. The number of aromatic amines is 1. The first-order valence-electron chi connectivity index (χ1n) is 11.3. The van der Waals surface area contributed by atoms with Crippen LogP contribution in [0.1, 0.15) is 55.4 Å². The Bertz CT molecular complexity index is 1490. The third kappa shape index (κ3) is 4.41. The van der Waals surface area contributed by atoms with E-state index in [1.165, 1.54) is 4.57 Å². The fraction of sp³-hybridized carbons (Fsp3) is 0.320. The average molecular weight is 461 g/mol. The first kappa shape index (κ1) is 23.2. The standard InChI is InChI=1S/C25H28N6O3/c1-14(2)13-30-22-21(24(33)29-25(30)34)19(12-20(28-22)15(3)4)23(32)27-17-7-6-8-18(11-17)31-16(5)9-10-26-31/h6-12,14-15H,13H2,1-5H3,(H,27,32)(H,29,33,34). The second kappa shape index (κ2) is 9.09. The number of carbonyl (C=O) groups is 1. The van der Waals surface area contributed by atoms with Crippen LogP contribution in [-0.4, -0.2) is 30.2 Å². The van der Waals surface area contributed by atoms with Gasteiger partial charge in [-0.15, -0.1) is 0 Å². The zero-order chi connectivity index (χ0) is 24.6. The summed E-state index contributed by atoms with van der Waals surface area (Å²) in [5.41, 5.74) is 2.17. The predicted molar refractivity (Wildman–Crippen MR) is 132 cm³/mol. The van der Waals surface area contributed by atoms with Crippen molar-refractivity contribution in [1.82, 2.24) is 24.3 Å². The molecular weight excluding hydrogens is 432 g/mol. The molecule has 3 aromatic heterocycles. The van der Waals surface area contributed by atoms with E-state index in [0.29, 0.717) is 17.9 Å². The summed E-state index contributed by atoms with van der Waals surface area (Å²) < 4.78 is 3.20. The van der Waals surface area contributed by atoms with E-state index in [1.54, 1.807) is 23.0 Å². The van der Waals surface area contributed by atoms with E-state index in [2.05, 4.69) is 20.4 Å². The molecule has 0 radical (unpaired) electrons. The maximum Gasteiger partial charge on any atom is 0.330 e. The number of nitrogens with one attached hydrogen (secondary N) is 2. The predicted octanol–water partition coefficient (Wildman–Crippen LogP) is 3.61. The van der Waals surface area contributed by atoms with Crippen molar-refractivity contribution in [2.45, 2.75) is 47.1 Å².